The fourth-order valence-corrected chi connectivity index (χ4v) is 6.32. The highest BCUT2D eigenvalue weighted by molar-refractivity contribution is 5.78. The molecule has 10 heteroatoms. The molecule has 3 aliphatic heterocycles. The van der Waals surface area contributed by atoms with E-state index < -0.39 is 17.3 Å². The van der Waals surface area contributed by atoms with Gasteiger partial charge in [0, 0.05) is 64.0 Å². The summed E-state index contributed by atoms with van der Waals surface area (Å²) in [5, 5.41) is 3.10. The predicted molar refractivity (Wildman–Crippen MR) is 134 cm³/mol. The Bertz CT molecular complexity index is 965. The van der Waals surface area contributed by atoms with Crippen LogP contribution in [0, 0.1) is 17.8 Å². The second-order valence-electron chi connectivity index (χ2n) is 11.6. The van der Waals surface area contributed by atoms with Gasteiger partial charge in [-0.15, -0.1) is 0 Å². The van der Waals surface area contributed by atoms with Crippen molar-refractivity contribution < 1.29 is 32.2 Å². The van der Waals surface area contributed by atoms with Crippen molar-refractivity contribution in [2.24, 2.45) is 17.8 Å². The van der Waals surface area contributed by atoms with E-state index in [9.17, 15) is 22.8 Å². The molecule has 3 saturated heterocycles. The monoisotopic (exact) mass is 537 g/mol. The number of nitrogens with zero attached hydrogens (tertiary/aromatic N) is 2. The molecule has 3 heterocycles. The lowest BCUT2D eigenvalue weighted by molar-refractivity contribution is -0.137. The van der Waals surface area contributed by atoms with Crippen LogP contribution in [0.3, 0.4) is 0 Å². The Hall–Kier alpha value is -2.33. The molecule has 1 aromatic rings. The van der Waals surface area contributed by atoms with Crippen LogP contribution in [0.1, 0.15) is 56.1 Å². The van der Waals surface area contributed by atoms with Crippen molar-refractivity contribution in [3.05, 3.63) is 35.4 Å². The average Bonchev–Trinajstić information content (AvgIpc) is 3.52. The van der Waals surface area contributed by atoms with Crippen molar-refractivity contribution >= 4 is 12.0 Å². The average molecular weight is 538 g/mol. The lowest BCUT2D eigenvalue weighted by Crippen LogP contribution is -2.47. The highest BCUT2D eigenvalue weighted by atomic mass is 19.4. The van der Waals surface area contributed by atoms with Crippen LogP contribution in [0.25, 0.3) is 0 Å². The van der Waals surface area contributed by atoms with E-state index in [0.717, 1.165) is 88.9 Å². The lowest BCUT2D eigenvalue weighted by atomic mass is 9.81. The van der Waals surface area contributed by atoms with E-state index in [2.05, 4.69) is 10.2 Å². The summed E-state index contributed by atoms with van der Waals surface area (Å²) >= 11 is 0. The molecule has 1 spiro atoms. The highest BCUT2D eigenvalue weighted by Gasteiger charge is 2.47. The first-order valence-electron chi connectivity index (χ1n) is 13.9. The van der Waals surface area contributed by atoms with Crippen LogP contribution in [-0.2, 0) is 27.0 Å². The first-order chi connectivity index (χ1) is 18.2. The van der Waals surface area contributed by atoms with Gasteiger partial charge in [-0.1, -0.05) is 12.1 Å². The van der Waals surface area contributed by atoms with Crippen LogP contribution in [-0.4, -0.2) is 73.3 Å². The van der Waals surface area contributed by atoms with E-state index in [0.29, 0.717) is 38.0 Å². The summed E-state index contributed by atoms with van der Waals surface area (Å²) in [6.45, 7) is 5.52. The molecule has 4 aliphatic rings. The number of nitrogens with one attached hydrogen (secondary N) is 1. The topological polar surface area (TPSA) is 71.1 Å². The number of carbonyl (C=O) groups excluding carboxylic acids is 2. The molecule has 38 heavy (non-hydrogen) atoms. The maximum Gasteiger partial charge on any atom is 0.416 e. The third kappa shape index (κ3) is 6.62. The number of benzene rings is 1. The van der Waals surface area contributed by atoms with Gasteiger partial charge in [0.15, 0.2) is 0 Å². The molecule has 1 atom stereocenters. The van der Waals surface area contributed by atoms with Crippen molar-refractivity contribution in [1.29, 1.82) is 0 Å². The second-order valence-corrected chi connectivity index (χ2v) is 11.6. The number of alkyl halides is 3. The summed E-state index contributed by atoms with van der Waals surface area (Å²) in [5.41, 5.74) is -0.270. The zero-order chi connectivity index (χ0) is 26.8. The summed E-state index contributed by atoms with van der Waals surface area (Å²) in [4.78, 5) is 29.3. The number of likely N-dealkylation sites (tertiary alicyclic amines) is 1. The van der Waals surface area contributed by atoms with Gasteiger partial charge in [0.2, 0.25) is 5.91 Å². The van der Waals surface area contributed by atoms with E-state index in [1.165, 1.54) is 12.1 Å². The van der Waals surface area contributed by atoms with E-state index in [4.69, 9.17) is 9.47 Å². The molecular formula is C28H38F3N3O4. The smallest absolute Gasteiger partial charge is 0.416 e. The summed E-state index contributed by atoms with van der Waals surface area (Å²) in [6.07, 6.45) is 1.44. The number of ether oxygens (including phenoxy) is 2. The van der Waals surface area contributed by atoms with Gasteiger partial charge in [-0.3, -0.25) is 9.69 Å². The van der Waals surface area contributed by atoms with E-state index in [-0.39, 0.29) is 17.9 Å². The number of halogens is 3. The molecule has 2 amide bonds. The minimum atomic E-state index is -4.33. The Morgan fingerprint density at radius 3 is 2.37 bits per heavy atom. The maximum absolute atomic E-state index is 12.8. The molecular weight excluding hydrogens is 499 g/mol. The molecule has 0 radical (unpaired) electrons. The van der Waals surface area contributed by atoms with Crippen molar-refractivity contribution in [3.63, 3.8) is 0 Å². The quantitative estimate of drug-likeness (QED) is 0.557. The summed E-state index contributed by atoms with van der Waals surface area (Å²) < 4.78 is 49.7. The second kappa shape index (κ2) is 11.4. The maximum atomic E-state index is 12.8. The van der Waals surface area contributed by atoms with Gasteiger partial charge in [0.1, 0.15) is 5.60 Å². The third-order valence-corrected chi connectivity index (χ3v) is 8.78. The molecule has 4 fully saturated rings. The Morgan fingerprint density at radius 2 is 1.74 bits per heavy atom. The van der Waals surface area contributed by atoms with Crippen LogP contribution in [0.2, 0.25) is 0 Å². The van der Waals surface area contributed by atoms with Gasteiger partial charge in [0.05, 0.1) is 18.7 Å². The van der Waals surface area contributed by atoms with Crippen molar-refractivity contribution in [2.75, 3.05) is 45.9 Å². The molecule has 1 saturated carbocycles. The SMILES string of the molecule is O=C1OC2(CCN(Cc3ccc(C(F)(F)F)cc3)CC2)CN1C[C@H]1CC[C@H](C(=O)NCC2CCOC2)CC1. The summed E-state index contributed by atoms with van der Waals surface area (Å²) in [7, 11) is 0. The number of amides is 2. The molecule has 1 N–H and O–H groups in total. The predicted octanol–water partition coefficient (Wildman–Crippen LogP) is 4.45. The number of rotatable bonds is 7. The minimum Gasteiger partial charge on any atom is -0.441 e. The van der Waals surface area contributed by atoms with E-state index >= 15 is 0 Å². The highest BCUT2D eigenvalue weighted by Crippen LogP contribution is 2.36. The van der Waals surface area contributed by atoms with Crippen LogP contribution < -0.4 is 5.32 Å². The molecule has 1 aliphatic carbocycles. The Kier molecular flexibility index (Phi) is 8.19. The summed E-state index contributed by atoms with van der Waals surface area (Å²) in [5.74, 6) is 1.02. The number of hydrogen-bond acceptors (Lipinski definition) is 5. The standard InChI is InChI=1S/C28H38F3N3O4/c29-28(30,31)24-7-3-20(4-8-24)16-33-12-10-27(11-13-33)19-34(26(36)38-27)17-21-1-5-23(6-2-21)25(35)32-15-22-9-14-37-18-22/h3-4,7-8,21-23H,1-2,5-6,9-19H2,(H,32,35)/t21-,22?,23-. The van der Waals surface area contributed by atoms with Crippen LogP contribution >= 0.6 is 0 Å². The van der Waals surface area contributed by atoms with Crippen LogP contribution in [0.15, 0.2) is 24.3 Å². The fraction of sp³-hybridized carbons (Fsp3) is 0.714. The van der Waals surface area contributed by atoms with Crippen LogP contribution in [0.5, 0.6) is 0 Å². The first kappa shape index (κ1) is 27.2. The number of piperidine rings is 1. The number of hydrogen-bond donors (Lipinski definition) is 1. The van der Waals surface area contributed by atoms with Gasteiger partial charge in [0.25, 0.3) is 0 Å². The number of carbonyl (C=O) groups is 2. The van der Waals surface area contributed by atoms with Gasteiger partial charge in [-0.05, 0) is 55.7 Å². The molecule has 7 nitrogen and oxygen atoms in total. The zero-order valence-corrected chi connectivity index (χ0v) is 21.8. The van der Waals surface area contributed by atoms with Gasteiger partial charge < -0.3 is 19.7 Å². The molecule has 1 unspecified atom stereocenters. The lowest BCUT2D eigenvalue weighted by Gasteiger charge is -2.37. The molecule has 0 bridgehead atoms. The van der Waals surface area contributed by atoms with E-state index in [1.807, 2.05) is 4.90 Å². The molecule has 5 rings (SSSR count). The Balaban J connectivity index is 1.03. The normalized spacial score (nSPS) is 28.0. The summed E-state index contributed by atoms with van der Waals surface area (Å²) in [6, 6.07) is 5.33. The molecule has 1 aromatic carbocycles. The minimum absolute atomic E-state index is 0.0550. The largest absolute Gasteiger partial charge is 0.441 e. The molecule has 210 valence electrons. The van der Waals surface area contributed by atoms with Gasteiger partial charge >= 0.3 is 12.3 Å². The first-order valence-corrected chi connectivity index (χ1v) is 13.9. The van der Waals surface area contributed by atoms with E-state index in [1.54, 1.807) is 0 Å². The third-order valence-electron chi connectivity index (χ3n) is 8.78. The van der Waals surface area contributed by atoms with Gasteiger partial charge in [-0.25, -0.2) is 4.79 Å². The Morgan fingerprint density at radius 1 is 1.03 bits per heavy atom. The Labute approximate surface area is 222 Å². The zero-order valence-electron chi connectivity index (χ0n) is 21.8. The van der Waals surface area contributed by atoms with Gasteiger partial charge in [-0.2, -0.15) is 13.2 Å². The van der Waals surface area contributed by atoms with Crippen LogP contribution in [0.4, 0.5) is 18.0 Å². The van der Waals surface area contributed by atoms with Crippen molar-refractivity contribution in [2.45, 2.75) is 63.3 Å². The van der Waals surface area contributed by atoms with Crippen molar-refractivity contribution in [3.8, 4) is 0 Å². The fourth-order valence-electron chi connectivity index (χ4n) is 6.32. The molecule has 0 aromatic heterocycles. The van der Waals surface area contributed by atoms with Crippen molar-refractivity contribution in [1.82, 2.24) is 15.1 Å².